The van der Waals surface area contributed by atoms with Gasteiger partial charge >= 0.3 is 6.18 Å². The van der Waals surface area contributed by atoms with Gasteiger partial charge in [-0.25, -0.2) is 23.1 Å². The minimum absolute atomic E-state index is 0. The lowest BCUT2D eigenvalue weighted by molar-refractivity contribution is -0.140. The highest BCUT2D eigenvalue weighted by Crippen LogP contribution is 2.30. The summed E-state index contributed by atoms with van der Waals surface area (Å²) in [6, 6.07) is 0. The van der Waals surface area contributed by atoms with Gasteiger partial charge < -0.3 is 10.6 Å². The molecule has 0 amide bonds. The predicted octanol–water partition coefficient (Wildman–Crippen LogP) is 2.55. The number of guanidine groups is 1. The second-order valence-electron chi connectivity index (χ2n) is 6.21. The summed E-state index contributed by atoms with van der Waals surface area (Å²) in [4.78, 5) is 7.67. The number of aliphatic imine (C=N–C) groups is 1. The van der Waals surface area contributed by atoms with Gasteiger partial charge in [0.2, 0.25) is 10.0 Å². The molecule has 1 aliphatic rings. The summed E-state index contributed by atoms with van der Waals surface area (Å²) in [5.41, 5.74) is -0.931. The third-order valence-electron chi connectivity index (χ3n) is 4.04. The highest BCUT2D eigenvalue weighted by Gasteiger charge is 2.33. The minimum atomic E-state index is -4.47. The molecule has 0 radical (unpaired) electrons. The highest BCUT2D eigenvalue weighted by atomic mass is 127. The first-order chi connectivity index (χ1) is 12.7. The van der Waals surface area contributed by atoms with Crippen LogP contribution in [0.4, 0.5) is 13.2 Å². The van der Waals surface area contributed by atoms with Crippen molar-refractivity contribution in [2.75, 3.05) is 25.4 Å². The molecule has 0 aromatic carbocycles. The molecule has 0 unspecified atom stereocenters. The van der Waals surface area contributed by atoms with Crippen LogP contribution in [0.1, 0.15) is 36.9 Å². The van der Waals surface area contributed by atoms with E-state index >= 15 is 0 Å². The topological polar surface area (TPSA) is 95.5 Å². The molecule has 28 heavy (non-hydrogen) atoms. The first-order valence-electron chi connectivity index (χ1n) is 8.70. The summed E-state index contributed by atoms with van der Waals surface area (Å²) in [5.74, 6) is 0.654. The molecule has 0 aliphatic heterocycles. The van der Waals surface area contributed by atoms with Crippen LogP contribution in [0.25, 0.3) is 0 Å². The summed E-state index contributed by atoms with van der Waals surface area (Å²) in [6.07, 6.45) is -1.20. The van der Waals surface area contributed by atoms with E-state index in [1.165, 1.54) is 0 Å². The SMILES string of the molecule is CCNC(=NCc1nc(C(F)(F)F)cs1)NCCS(=O)(=O)NCC1CCC1.I. The van der Waals surface area contributed by atoms with Crippen LogP contribution in [0.15, 0.2) is 10.4 Å². The molecule has 1 fully saturated rings. The lowest BCUT2D eigenvalue weighted by Gasteiger charge is -2.25. The Morgan fingerprint density at radius 2 is 2.07 bits per heavy atom. The molecule has 0 bridgehead atoms. The van der Waals surface area contributed by atoms with Crippen molar-refractivity contribution in [2.45, 2.75) is 38.9 Å². The number of nitrogens with one attached hydrogen (secondary N) is 3. The van der Waals surface area contributed by atoms with Crippen molar-refractivity contribution in [3.05, 3.63) is 16.1 Å². The standard InChI is InChI=1S/C15H24F3N5O2S2.HI/c1-2-19-14(21-9-13-23-12(10-26-13)15(16,17)18)20-6-7-27(24,25)22-8-11-4-3-5-11;/h10-11,22H,2-9H2,1H3,(H2,19,20,21);1H. The number of hydrogen-bond acceptors (Lipinski definition) is 5. The van der Waals surface area contributed by atoms with Crippen molar-refractivity contribution in [3.63, 3.8) is 0 Å². The van der Waals surface area contributed by atoms with Gasteiger partial charge in [-0.1, -0.05) is 6.42 Å². The fraction of sp³-hybridized carbons (Fsp3) is 0.733. The number of aromatic nitrogens is 1. The van der Waals surface area contributed by atoms with Crippen LogP contribution >= 0.6 is 35.3 Å². The molecule has 1 aliphatic carbocycles. The monoisotopic (exact) mass is 555 g/mol. The number of hydrogen-bond donors (Lipinski definition) is 3. The van der Waals surface area contributed by atoms with E-state index in [0.717, 1.165) is 36.0 Å². The minimum Gasteiger partial charge on any atom is -0.357 e. The molecule has 13 heteroatoms. The maximum Gasteiger partial charge on any atom is 0.434 e. The van der Waals surface area contributed by atoms with E-state index in [4.69, 9.17) is 0 Å². The zero-order chi connectivity index (χ0) is 19.9. The maximum atomic E-state index is 12.6. The molecule has 1 heterocycles. The Morgan fingerprint density at radius 1 is 1.36 bits per heavy atom. The Hall–Kier alpha value is -0.670. The predicted molar refractivity (Wildman–Crippen MR) is 114 cm³/mol. The molecule has 1 aromatic heterocycles. The van der Waals surface area contributed by atoms with Crippen molar-refractivity contribution in [1.82, 2.24) is 20.3 Å². The molecule has 0 atom stereocenters. The Morgan fingerprint density at radius 3 is 2.61 bits per heavy atom. The summed E-state index contributed by atoms with van der Waals surface area (Å²) in [7, 11) is -3.37. The summed E-state index contributed by atoms with van der Waals surface area (Å²) in [5, 5.41) is 6.98. The number of nitrogens with zero attached hydrogens (tertiary/aromatic N) is 2. The van der Waals surface area contributed by atoms with Gasteiger partial charge in [-0.3, -0.25) is 0 Å². The number of halogens is 4. The van der Waals surface area contributed by atoms with E-state index in [1.807, 2.05) is 6.92 Å². The van der Waals surface area contributed by atoms with Gasteiger partial charge in [0.15, 0.2) is 11.7 Å². The fourth-order valence-corrected chi connectivity index (χ4v) is 4.05. The molecule has 7 nitrogen and oxygen atoms in total. The van der Waals surface area contributed by atoms with E-state index < -0.39 is 21.9 Å². The third kappa shape index (κ3) is 8.78. The summed E-state index contributed by atoms with van der Waals surface area (Å²) >= 11 is 0.882. The van der Waals surface area contributed by atoms with Crippen molar-refractivity contribution in [2.24, 2.45) is 10.9 Å². The van der Waals surface area contributed by atoms with Crippen molar-refractivity contribution in [1.29, 1.82) is 0 Å². The molecule has 1 saturated carbocycles. The van der Waals surface area contributed by atoms with E-state index in [1.54, 1.807) is 0 Å². The van der Waals surface area contributed by atoms with Gasteiger partial charge in [-0.15, -0.1) is 35.3 Å². The van der Waals surface area contributed by atoms with Crippen LogP contribution < -0.4 is 15.4 Å². The Balaban J connectivity index is 0.00000392. The Bertz CT molecular complexity index is 736. The second-order valence-corrected chi connectivity index (χ2v) is 9.08. The number of rotatable bonds is 9. The van der Waals surface area contributed by atoms with Gasteiger partial charge in [0.25, 0.3) is 0 Å². The van der Waals surface area contributed by atoms with Gasteiger partial charge in [-0.2, -0.15) is 13.2 Å². The number of sulfonamides is 1. The fourth-order valence-electron chi connectivity index (χ4n) is 2.32. The molecular formula is C15H25F3IN5O2S2. The smallest absolute Gasteiger partial charge is 0.357 e. The quantitative estimate of drug-likeness (QED) is 0.248. The lowest BCUT2D eigenvalue weighted by atomic mass is 9.86. The third-order valence-corrected chi connectivity index (χ3v) is 6.22. The molecule has 1 aromatic rings. The first-order valence-corrected chi connectivity index (χ1v) is 11.2. The average Bonchev–Trinajstić information content (AvgIpc) is 3.00. The number of alkyl halides is 3. The average molecular weight is 555 g/mol. The molecular weight excluding hydrogens is 530 g/mol. The molecule has 0 spiro atoms. The summed E-state index contributed by atoms with van der Waals surface area (Å²) in [6.45, 7) is 2.95. The lowest BCUT2D eigenvalue weighted by Crippen LogP contribution is -2.42. The second kappa shape index (κ2) is 11.5. The molecule has 2 rings (SSSR count). The zero-order valence-corrected chi connectivity index (χ0v) is 19.3. The van der Waals surface area contributed by atoms with Crippen LogP contribution in [0.3, 0.4) is 0 Å². The molecule has 3 N–H and O–H groups in total. The van der Waals surface area contributed by atoms with Gasteiger partial charge in [0, 0.05) is 25.0 Å². The van der Waals surface area contributed by atoms with Crippen LogP contribution in [-0.2, 0) is 22.7 Å². The van der Waals surface area contributed by atoms with E-state index in [9.17, 15) is 21.6 Å². The van der Waals surface area contributed by atoms with Gasteiger partial charge in [0.05, 0.1) is 12.3 Å². The Kier molecular flexibility index (Phi) is 10.4. The maximum absolute atomic E-state index is 12.6. The van der Waals surface area contributed by atoms with Gasteiger partial charge in [-0.05, 0) is 25.7 Å². The molecule has 0 saturated heterocycles. The van der Waals surface area contributed by atoms with E-state index in [2.05, 4.69) is 25.3 Å². The van der Waals surface area contributed by atoms with Crippen LogP contribution in [0.5, 0.6) is 0 Å². The first kappa shape index (κ1) is 25.4. The van der Waals surface area contributed by atoms with Crippen molar-refractivity contribution < 1.29 is 21.6 Å². The van der Waals surface area contributed by atoms with E-state index in [0.29, 0.717) is 25.0 Å². The highest BCUT2D eigenvalue weighted by molar-refractivity contribution is 14.0. The summed E-state index contributed by atoms with van der Waals surface area (Å²) < 4.78 is 64.2. The van der Waals surface area contributed by atoms with Crippen LogP contribution in [0.2, 0.25) is 0 Å². The number of thiazole rings is 1. The van der Waals surface area contributed by atoms with Crippen LogP contribution in [-0.4, -0.2) is 44.7 Å². The Labute approximate surface area is 184 Å². The van der Waals surface area contributed by atoms with Crippen LogP contribution in [0, 0.1) is 5.92 Å². The van der Waals surface area contributed by atoms with Crippen molar-refractivity contribution >= 4 is 51.3 Å². The molecule has 162 valence electrons. The van der Waals surface area contributed by atoms with Gasteiger partial charge in [0.1, 0.15) is 5.01 Å². The van der Waals surface area contributed by atoms with E-state index in [-0.39, 0.29) is 47.8 Å². The normalized spacial score (nSPS) is 15.6. The van der Waals surface area contributed by atoms with Crippen molar-refractivity contribution in [3.8, 4) is 0 Å². The largest absolute Gasteiger partial charge is 0.434 e. The zero-order valence-electron chi connectivity index (χ0n) is 15.4.